The lowest BCUT2D eigenvalue weighted by molar-refractivity contribution is 0.421. The van der Waals surface area contributed by atoms with Crippen LogP contribution in [0.5, 0.6) is 0 Å². The number of fused-ring (bicyclic) bond motifs is 1. The van der Waals surface area contributed by atoms with E-state index in [4.69, 9.17) is 4.42 Å². The zero-order valence-electron chi connectivity index (χ0n) is 10.1. The summed E-state index contributed by atoms with van der Waals surface area (Å²) in [5, 5.41) is 3.20. The molecule has 2 aromatic rings. The summed E-state index contributed by atoms with van der Waals surface area (Å²) in [6.07, 6.45) is 3.76. The third-order valence-electron chi connectivity index (χ3n) is 2.87. The van der Waals surface area contributed by atoms with Gasteiger partial charge in [-0.05, 0) is 25.6 Å². The molecule has 0 spiro atoms. The van der Waals surface area contributed by atoms with Crippen molar-refractivity contribution in [1.82, 2.24) is 14.9 Å². The molecule has 0 saturated heterocycles. The van der Waals surface area contributed by atoms with Crippen molar-refractivity contribution in [3.8, 4) is 0 Å². The smallest absolute Gasteiger partial charge is 0.406 e. The third kappa shape index (κ3) is 2.39. The molecule has 2 rings (SSSR count). The first kappa shape index (κ1) is 11.9. The van der Waals surface area contributed by atoms with Crippen LogP contribution < -0.4 is 11.1 Å². The predicted octanol–water partition coefficient (Wildman–Crippen LogP) is 1.38. The SMILES string of the molecule is CCCC(Cn1c(=O)oc2cccnc21)NC. The van der Waals surface area contributed by atoms with Gasteiger partial charge in [0.1, 0.15) is 0 Å². The Hall–Kier alpha value is -1.62. The van der Waals surface area contributed by atoms with Gasteiger partial charge in [-0.1, -0.05) is 13.3 Å². The highest BCUT2D eigenvalue weighted by Crippen LogP contribution is 2.10. The molecular weight excluding hydrogens is 218 g/mol. The molecule has 1 unspecified atom stereocenters. The average Bonchev–Trinajstić information content (AvgIpc) is 2.65. The van der Waals surface area contributed by atoms with Gasteiger partial charge in [0.2, 0.25) is 0 Å². The molecule has 0 aliphatic heterocycles. The minimum Gasteiger partial charge on any atom is -0.406 e. The molecule has 0 bridgehead atoms. The van der Waals surface area contributed by atoms with E-state index in [9.17, 15) is 4.79 Å². The first-order valence-electron chi connectivity index (χ1n) is 5.88. The van der Waals surface area contributed by atoms with Crippen LogP contribution in [0.3, 0.4) is 0 Å². The fourth-order valence-corrected chi connectivity index (χ4v) is 1.96. The van der Waals surface area contributed by atoms with Crippen molar-refractivity contribution < 1.29 is 4.42 Å². The lowest BCUT2D eigenvalue weighted by Crippen LogP contribution is -2.33. The van der Waals surface area contributed by atoms with Crippen LogP contribution in [0.4, 0.5) is 0 Å². The number of hydrogen-bond donors (Lipinski definition) is 1. The minimum atomic E-state index is -0.338. The van der Waals surface area contributed by atoms with Gasteiger partial charge < -0.3 is 9.73 Å². The van der Waals surface area contributed by atoms with Crippen molar-refractivity contribution in [3.05, 3.63) is 28.9 Å². The Morgan fingerprint density at radius 2 is 2.41 bits per heavy atom. The van der Waals surface area contributed by atoms with Gasteiger partial charge in [0, 0.05) is 18.8 Å². The molecule has 0 aliphatic carbocycles. The normalized spacial score (nSPS) is 13.1. The summed E-state index contributed by atoms with van der Waals surface area (Å²) in [7, 11) is 1.90. The summed E-state index contributed by atoms with van der Waals surface area (Å²) in [6, 6.07) is 3.78. The fourth-order valence-electron chi connectivity index (χ4n) is 1.96. The Morgan fingerprint density at radius 1 is 1.59 bits per heavy atom. The molecular formula is C12H17N3O2. The summed E-state index contributed by atoms with van der Waals surface area (Å²) in [4.78, 5) is 15.9. The van der Waals surface area contributed by atoms with E-state index in [-0.39, 0.29) is 11.8 Å². The summed E-state index contributed by atoms with van der Waals surface area (Å²) >= 11 is 0. The van der Waals surface area contributed by atoms with Crippen LogP contribution in [0.1, 0.15) is 19.8 Å². The van der Waals surface area contributed by atoms with Gasteiger partial charge in [0.15, 0.2) is 11.2 Å². The maximum Gasteiger partial charge on any atom is 0.421 e. The molecule has 0 aliphatic rings. The second-order valence-electron chi connectivity index (χ2n) is 4.08. The van der Waals surface area contributed by atoms with E-state index in [1.54, 1.807) is 22.9 Å². The second-order valence-corrected chi connectivity index (χ2v) is 4.08. The van der Waals surface area contributed by atoms with Crippen molar-refractivity contribution in [2.24, 2.45) is 0 Å². The fraction of sp³-hybridized carbons (Fsp3) is 0.500. The van der Waals surface area contributed by atoms with E-state index in [0.717, 1.165) is 12.8 Å². The summed E-state index contributed by atoms with van der Waals surface area (Å²) in [5.41, 5.74) is 1.16. The summed E-state index contributed by atoms with van der Waals surface area (Å²) in [6.45, 7) is 2.71. The maximum absolute atomic E-state index is 11.7. The number of hydrogen-bond acceptors (Lipinski definition) is 4. The number of oxazole rings is 1. The standard InChI is InChI=1S/C12H17N3O2/c1-3-5-9(13-2)8-15-11-10(17-12(15)16)6-4-7-14-11/h4,6-7,9,13H,3,5,8H2,1-2H3. The van der Waals surface area contributed by atoms with Crippen LogP contribution in [-0.2, 0) is 6.54 Å². The molecule has 2 heterocycles. The quantitative estimate of drug-likeness (QED) is 0.850. The van der Waals surface area contributed by atoms with Gasteiger partial charge in [0.05, 0.1) is 0 Å². The molecule has 1 atom stereocenters. The van der Waals surface area contributed by atoms with Crippen molar-refractivity contribution in [3.63, 3.8) is 0 Å². The highest BCUT2D eigenvalue weighted by atomic mass is 16.4. The van der Waals surface area contributed by atoms with Crippen molar-refractivity contribution in [1.29, 1.82) is 0 Å². The molecule has 0 fully saturated rings. The van der Waals surface area contributed by atoms with Crippen LogP contribution in [0.2, 0.25) is 0 Å². The number of rotatable bonds is 5. The molecule has 5 nitrogen and oxygen atoms in total. The number of nitrogens with zero attached hydrogens (tertiary/aromatic N) is 2. The molecule has 92 valence electrons. The monoisotopic (exact) mass is 235 g/mol. The van der Waals surface area contributed by atoms with Gasteiger partial charge in [-0.25, -0.2) is 9.78 Å². The summed E-state index contributed by atoms with van der Waals surface area (Å²) < 4.78 is 6.73. The van der Waals surface area contributed by atoms with Crippen molar-refractivity contribution in [2.75, 3.05) is 7.05 Å². The Morgan fingerprint density at radius 3 is 3.12 bits per heavy atom. The largest absolute Gasteiger partial charge is 0.421 e. The van der Waals surface area contributed by atoms with Crippen LogP contribution >= 0.6 is 0 Å². The Labute approximate surface area is 99.5 Å². The molecule has 0 saturated carbocycles. The minimum absolute atomic E-state index is 0.264. The lowest BCUT2D eigenvalue weighted by atomic mass is 10.1. The number of pyridine rings is 1. The summed E-state index contributed by atoms with van der Waals surface area (Å²) in [5.74, 6) is -0.338. The molecule has 0 amide bonds. The van der Waals surface area contributed by atoms with Gasteiger partial charge >= 0.3 is 5.76 Å². The van der Waals surface area contributed by atoms with E-state index in [1.165, 1.54) is 0 Å². The zero-order chi connectivity index (χ0) is 12.3. The van der Waals surface area contributed by atoms with E-state index in [2.05, 4.69) is 17.2 Å². The predicted molar refractivity (Wildman–Crippen MR) is 66.0 cm³/mol. The van der Waals surface area contributed by atoms with Crippen LogP contribution in [0, 0.1) is 0 Å². The second kappa shape index (κ2) is 5.14. The van der Waals surface area contributed by atoms with Crippen molar-refractivity contribution in [2.45, 2.75) is 32.4 Å². The van der Waals surface area contributed by atoms with Gasteiger partial charge in [-0.3, -0.25) is 4.57 Å². The van der Waals surface area contributed by atoms with E-state index in [1.807, 2.05) is 7.05 Å². The first-order chi connectivity index (χ1) is 8.26. The van der Waals surface area contributed by atoms with Crippen molar-refractivity contribution >= 4 is 11.2 Å². The number of likely N-dealkylation sites (N-methyl/N-ethyl adjacent to an activating group) is 1. The molecule has 17 heavy (non-hydrogen) atoms. The van der Waals surface area contributed by atoms with Gasteiger partial charge in [-0.2, -0.15) is 0 Å². The molecule has 5 heteroatoms. The maximum atomic E-state index is 11.7. The Balaban J connectivity index is 2.34. The number of aromatic nitrogens is 2. The number of nitrogens with one attached hydrogen (secondary N) is 1. The Bertz CT molecular complexity index is 544. The topological polar surface area (TPSA) is 60.1 Å². The third-order valence-corrected chi connectivity index (χ3v) is 2.87. The Kier molecular flexibility index (Phi) is 3.58. The van der Waals surface area contributed by atoms with E-state index >= 15 is 0 Å². The molecule has 0 aromatic carbocycles. The van der Waals surface area contributed by atoms with Crippen LogP contribution in [0.15, 0.2) is 27.5 Å². The van der Waals surface area contributed by atoms with Gasteiger partial charge in [0.25, 0.3) is 0 Å². The highest BCUT2D eigenvalue weighted by molar-refractivity contribution is 5.67. The van der Waals surface area contributed by atoms with E-state index < -0.39 is 0 Å². The molecule has 0 radical (unpaired) electrons. The molecule has 1 N–H and O–H groups in total. The highest BCUT2D eigenvalue weighted by Gasteiger charge is 2.13. The lowest BCUT2D eigenvalue weighted by Gasteiger charge is -2.14. The van der Waals surface area contributed by atoms with Crippen LogP contribution in [0.25, 0.3) is 11.2 Å². The van der Waals surface area contributed by atoms with Gasteiger partial charge in [-0.15, -0.1) is 0 Å². The van der Waals surface area contributed by atoms with Crippen LogP contribution in [-0.4, -0.2) is 22.6 Å². The zero-order valence-corrected chi connectivity index (χ0v) is 10.1. The average molecular weight is 235 g/mol. The first-order valence-corrected chi connectivity index (χ1v) is 5.88. The van der Waals surface area contributed by atoms with E-state index in [0.29, 0.717) is 17.8 Å². The molecule has 2 aromatic heterocycles.